The van der Waals surface area contributed by atoms with Crippen LogP contribution in [0.15, 0.2) is 91.1 Å². The first kappa shape index (κ1) is 17.4. The first-order valence-corrected chi connectivity index (χ1v) is 8.82. The molecule has 2 amide bonds. The van der Waals surface area contributed by atoms with Gasteiger partial charge in [-0.1, -0.05) is 36.4 Å². The molecule has 136 valence electrons. The van der Waals surface area contributed by atoms with Crippen molar-refractivity contribution in [2.24, 2.45) is 0 Å². The maximum absolute atomic E-state index is 12.6. The molecule has 28 heavy (non-hydrogen) atoms. The van der Waals surface area contributed by atoms with Crippen molar-refractivity contribution >= 4 is 34.1 Å². The quantitative estimate of drug-likeness (QED) is 0.547. The number of pyridine rings is 1. The third-order valence-corrected chi connectivity index (χ3v) is 4.32. The van der Waals surface area contributed by atoms with Crippen molar-refractivity contribution in [3.8, 4) is 0 Å². The second-order valence-corrected chi connectivity index (χ2v) is 6.23. The molecule has 0 atom stereocenters. The molecule has 2 N–H and O–H groups in total. The molecule has 4 aromatic rings. The Balaban J connectivity index is 1.47. The largest absolute Gasteiger partial charge is 0.322 e. The summed E-state index contributed by atoms with van der Waals surface area (Å²) in [7, 11) is 0. The highest BCUT2D eigenvalue weighted by Crippen LogP contribution is 2.21. The minimum atomic E-state index is -0.237. The van der Waals surface area contributed by atoms with Gasteiger partial charge in [-0.3, -0.25) is 14.6 Å². The monoisotopic (exact) mass is 367 g/mol. The molecule has 0 unspecified atom stereocenters. The Labute approximate surface area is 162 Å². The van der Waals surface area contributed by atoms with Gasteiger partial charge < -0.3 is 10.6 Å². The highest BCUT2D eigenvalue weighted by molar-refractivity contribution is 6.09. The molecular formula is C23H17N3O2. The standard InChI is InChI=1S/C23H17N3O2/c27-22(17-6-2-1-3-7-17)25-19-13-11-18(12-14-19)23(28)26-20-10-4-8-16-9-5-15-24-21(16)20/h1-15H,(H,25,27)(H,26,28). The molecule has 0 fully saturated rings. The minimum Gasteiger partial charge on any atom is -0.322 e. The minimum absolute atomic E-state index is 0.195. The molecule has 0 aliphatic carbocycles. The van der Waals surface area contributed by atoms with E-state index in [1.807, 2.05) is 48.5 Å². The average molecular weight is 367 g/mol. The second-order valence-electron chi connectivity index (χ2n) is 6.23. The molecule has 0 bridgehead atoms. The van der Waals surface area contributed by atoms with E-state index in [4.69, 9.17) is 0 Å². The number of carbonyl (C=O) groups is 2. The van der Waals surface area contributed by atoms with Gasteiger partial charge in [-0.15, -0.1) is 0 Å². The molecule has 1 heterocycles. The zero-order chi connectivity index (χ0) is 19.3. The first-order chi connectivity index (χ1) is 13.7. The van der Waals surface area contributed by atoms with Crippen LogP contribution in [-0.4, -0.2) is 16.8 Å². The second kappa shape index (κ2) is 7.72. The molecule has 0 spiro atoms. The summed E-state index contributed by atoms with van der Waals surface area (Å²) in [6, 6.07) is 25.2. The number of hydrogen-bond acceptors (Lipinski definition) is 3. The molecule has 4 rings (SSSR count). The number of aromatic nitrogens is 1. The molecule has 1 aromatic heterocycles. The molecule has 0 saturated carbocycles. The molecule has 3 aromatic carbocycles. The lowest BCUT2D eigenvalue weighted by molar-refractivity contribution is 0.102. The number of hydrogen-bond donors (Lipinski definition) is 2. The number of nitrogens with one attached hydrogen (secondary N) is 2. The zero-order valence-corrected chi connectivity index (χ0v) is 14.9. The molecule has 5 nitrogen and oxygen atoms in total. The van der Waals surface area contributed by atoms with Gasteiger partial charge in [0.15, 0.2) is 0 Å². The molecule has 0 aliphatic heterocycles. The third kappa shape index (κ3) is 3.73. The van der Waals surface area contributed by atoms with Gasteiger partial charge in [0.2, 0.25) is 0 Å². The lowest BCUT2D eigenvalue weighted by Crippen LogP contribution is -2.14. The van der Waals surface area contributed by atoms with Gasteiger partial charge in [0.05, 0.1) is 11.2 Å². The maximum atomic E-state index is 12.6. The van der Waals surface area contributed by atoms with E-state index < -0.39 is 0 Å². The van der Waals surface area contributed by atoms with Crippen molar-refractivity contribution in [1.82, 2.24) is 4.98 Å². The fraction of sp³-hybridized carbons (Fsp3) is 0. The summed E-state index contributed by atoms with van der Waals surface area (Å²) >= 11 is 0. The van der Waals surface area contributed by atoms with Crippen molar-refractivity contribution in [2.75, 3.05) is 10.6 Å². The summed E-state index contributed by atoms with van der Waals surface area (Å²) in [6.45, 7) is 0. The van der Waals surface area contributed by atoms with Crippen molar-refractivity contribution in [2.45, 2.75) is 0 Å². The highest BCUT2D eigenvalue weighted by atomic mass is 16.2. The van der Waals surface area contributed by atoms with Gasteiger partial charge >= 0.3 is 0 Å². The molecular weight excluding hydrogens is 350 g/mol. The van der Waals surface area contributed by atoms with Gasteiger partial charge in [-0.05, 0) is 48.5 Å². The predicted octanol–water partition coefficient (Wildman–Crippen LogP) is 4.74. The Hall–Kier alpha value is -3.99. The average Bonchev–Trinajstić information content (AvgIpc) is 2.75. The lowest BCUT2D eigenvalue weighted by Gasteiger charge is -2.09. The topological polar surface area (TPSA) is 71.1 Å². The molecule has 0 aliphatic rings. The van der Waals surface area contributed by atoms with E-state index in [0.29, 0.717) is 22.5 Å². The Morgan fingerprint density at radius 2 is 1.32 bits per heavy atom. The SMILES string of the molecule is O=C(Nc1ccc(C(=O)Nc2cccc3cccnc23)cc1)c1ccccc1. The summed E-state index contributed by atoms with van der Waals surface area (Å²) < 4.78 is 0. The fourth-order valence-corrected chi connectivity index (χ4v) is 2.90. The van der Waals surface area contributed by atoms with Crippen molar-refractivity contribution < 1.29 is 9.59 Å². The van der Waals surface area contributed by atoms with Crippen molar-refractivity contribution in [3.05, 3.63) is 102 Å². The van der Waals surface area contributed by atoms with E-state index in [9.17, 15) is 9.59 Å². The van der Waals surface area contributed by atoms with E-state index in [2.05, 4.69) is 15.6 Å². The van der Waals surface area contributed by atoms with Crippen molar-refractivity contribution in [1.29, 1.82) is 0 Å². The number of para-hydroxylation sites is 1. The van der Waals surface area contributed by atoms with Crippen LogP contribution in [0, 0.1) is 0 Å². The van der Waals surface area contributed by atoms with Crippen LogP contribution >= 0.6 is 0 Å². The normalized spacial score (nSPS) is 10.4. The van der Waals surface area contributed by atoms with Crippen LogP contribution in [-0.2, 0) is 0 Å². The maximum Gasteiger partial charge on any atom is 0.255 e. The van der Waals surface area contributed by atoms with Crippen molar-refractivity contribution in [3.63, 3.8) is 0 Å². The van der Waals surface area contributed by atoms with E-state index in [-0.39, 0.29) is 11.8 Å². The fourth-order valence-electron chi connectivity index (χ4n) is 2.90. The van der Waals surface area contributed by atoms with Crippen LogP contribution < -0.4 is 10.6 Å². The van der Waals surface area contributed by atoms with Crippen LogP contribution in [0.2, 0.25) is 0 Å². The van der Waals surface area contributed by atoms with E-state index >= 15 is 0 Å². The summed E-state index contributed by atoms with van der Waals surface area (Å²) in [5.41, 5.74) is 3.09. The van der Waals surface area contributed by atoms with Gasteiger partial charge in [-0.2, -0.15) is 0 Å². The Morgan fingerprint density at radius 3 is 2.11 bits per heavy atom. The van der Waals surface area contributed by atoms with E-state index in [1.54, 1.807) is 42.6 Å². The zero-order valence-electron chi connectivity index (χ0n) is 14.9. The summed E-state index contributed by atoms with van der Waals surface area (Å²) in [5.74, 6) is -0.432. The Morgan fingerprint density at radius 1 is 0.643 bits per heavy atom. The van der Waals surface area contributed by atoms with Gasteiger partial charge in [0.1, 0.15) is 0 Å². The van der Waals surface area contributed by atoms with Crippen LogP contribution in [0.3, 0.4) is 0 Å². The Bertz CT molecular complexity index is 1130. The number of anilines is 2. The van der Waals surface area contributed by atoms with E-state index in [0.717, 1.165) is 10.9 Å². The van der Waals surface area contributed by atoms with Gasteiger partial charge in [-0.25, -0.2) is 0 Å². The highest BCUT2D eigenvalue weighted by Gasteiger charge is 2.10. The van der Waals surface area contributed by atoms with Crippen LogP contribution in [0.4, 0.5) is 11.4 Å². The number of fused-ring (bicyclic) bond motifs is 1. The molecule has 5 heteroatoms. The van der Waals surface area contributed by atoms with Crippen LogP contribution in [0.25, 0.3) is 10.9 Å². The number of amides is 2. The molecule has 0 radical (unpaired) electrons. The third-order valence-electron chi connectivity index (χ3n) is 4.32. The number of nitrogens with zero attached hydrogens (tertiary/aromatic N) is 1. The van der Waals surface area contributed by atoms with Crippen LogP contribution in [0.5, 0.6) is 0 Å². The summed E-state index contributed by atoms with van der Waals surface area (Å²) in [4.78, 5) is 29.1. The van der Waals surface area contributed by atoms with Crippen LogP contribution in [0.1, 0.15) is 20.7 Å². The predicted molar refractivity (Wildman–Crippen MR) is 111 cm³/mol. The lowest BCUT2D eigenvalue weighted by atomic mass is 10.1. The number of carbonyl (C=O) groups excluding carboxylic acids is 2. The summed E-state index contributed by atoms with van der Waals surface area (Å²) in [5, 5.41) is 6.67. The first-order valence-electron chi connectivity index (χ1n) is 8.82. The van der Waals surface area contributed by atoms with Gasteiger partial charge in [0, 0.05) is 28.4 Å². The molecule has 0 saturated heterocycles. The number of rotatable bonds is 4. The smallest absolute Gasteiger partial charge is 0.255 e. The Kier molecular flexibility index (Phi) is 4.80. The summed E-state index contributed by atoms with van der Waals surface area (Å²) in [6.07, 6.45) is 1.70. The van der Waals surface area contributed by atoms with Gasteiger partial charge in [0.25, 0.3) is 11.8 Å². The van der Waals surface area contributed by atoms with E-state index in [1.165, 1.54) is 0 Å². The number of benzene rings is 3.